The van der Waals surface area contributed by atoms with Crippen LogP contribution in [0.5, 0.6) is 0 Å². The third-order valence-electron chi connectivity index (χ3n) is 3.74. The van der Waals surface area contributed by atoms with Crippen LogP contribution in [-0.4, -0.2) is 36.0 Å². The number of nitrogens with two attached hydrogens (primary N) is 1. The average molecular weight is 313 g/mol. The lowest BCUT2D eigenvalue weighted by Gasteiger charge is -2.38. The van der Waals surface area contributed by atoms with Gasteiger partial charge in [0, 0.05) is 12.5 Å². The number of ether oxygens (including phenoxy) is 1. The van der Waals surface area contributed by atoms with E-state index in [0.29, 0.717) is 19.6 Å². The van der Waals surface area contributed by atoms with Crippen molar-refractivity contribution in [3.8, 4) is 0 Å². The van der Waals surface area contributed by atoms with Crippen LogP contribution in [0.15, 0.2) is 30.3 Å². The molecule has 1 aliphatic rings. The summed E-state index contributed by atoms with van der Waals surface area (Å²) in [5.74, 6) is 0.180. The van der Waals surface area contributed by atoms with Gasteiger partial charge in [-0.2, -0.15) is 0 Å². The number of amides is 1. The Labute approximate surface area is 133 Å². The van der Waals surface area contributed by atoms with E-state index in [1.165, 1.54) is 0 Å². The van der Waals surface area contributed by atoms with E-state index in [-0.39, 0.29) is 36.5 Å². The molecule has 3 atom stereocenters. The van der Waals surface area contributed by atoms with Crippen molar-refractivity contribution < 1.29 is 9.53 Å². The van der Waals surface area contributed by atoms with E-state index in [2.05, 4.69) is 0 Å². The van der Waals surface area contributed by atoms with Gasteiger partial charge in [-0.15, -0.1) is 12.4 Å². The largest absolute Gasteiger partial charge is 0.370 e. The normalized spacial score (nSPS) is 23.3. The fraction of sp³-hybridized carbons (Fsp3) is 0.562. The minimum Gasteiger partial charge on any atom is -0.370 e. The molecule has 1 aromatic rings. The molecule has 1 saturated heterocycles. The molecular formula is C16H25ClN2O2. The maximum atomic E-state index is 12.3. The van der Waals surface area contributed by atoms with Gasteiger partial charge in [-0.1, -0.05) is 30.3 Å². The number of morpholine rings is 1. The molecule has 0 aliphatic carbocycles. The highest BCUT2D eigenvalue weighted by Gasteiger charge is 2.30. The third-order valence-corrected chi connectivity index (χ3v) is 3.74. The van der Waals surface area contributed by atoms with Crippen molar-refractivity contribution in [2.45, 2.75) is 44.9 Å². The Morgan fingerprint density at radius 1 is 1.43 bits per heavy atom. The van der Waals surface area contributed by atoms with Gasteiger partial charge in [0.05, 0.1) is 19.2 Å². The molecule has 1 fully saturated rings. The summed E-state index contributed by atoms with van der Waals surface area (Å²) in [6.45, 7) is 5.18. The predicted octanol–water partition coefficient (Wildman–Crippen LogP) is 2.52. The van der Waals surface area contributed by atoms with Gasteiger partial charge in [-0.3, -0.25) is 4.79 Å². The van der Waals surface area contributed by atoms with E-state index in [9.17, 15) is 4.79 Å². The maximum absolute atomic E-state index is 12.3. The summed E-state index contributed by atoms with van der Waals surface area (Å²) >= 11 is 0. The number of rotatable bonds is 4. The minimum absolute atomic E-state index is 0. The van der Waals surface area contributed by atoms with Gasteiger partial charge >= 0.3 is 0 Å². The zero-order valence-corrected chi connectivity index (χ0v) is 13.5. The van der Waals surface area contributed by atoms with Gasteiger partial charge in [0.25, 0.3) is 0 Å². The van der Waals surface area contributed by atoms with Crippen molar-refractivity contribution in [3.63, 3.8) is 0 Å². The van der Waals surface area contributed by atoms with E-state index >= 15 is 0 Å². The number of hydrogen-bond acceptors (Lipinski definition) is 3. The van der Waals surface area contributed by atoms with E-state index < -0.39 is 0 Å². The molecule has 2 N–H and O–H groups in total. The standard InChI is InChI=1S/C16H24N2O2.ClH/c1-12(17)8-9-16(19)18-10-15(20-11-13(18)2)14-6-4-3-5-7-14;/h3-7,12-13,15H,8-11,17H2,1-2H3;1H. The molecule has 0 bridgehead atoms. The van der Waals surface area contributed by atoms with Crippen molar-refractivity contribution in [1.29, 1.82) is 0 Å². The monoisotopic (exact) mass is 312 g/mol. The smallest absolute Gasteiger partial charge is 0.223 e. The van der Waals surface area contributed by atoms with Crippen LogP contribution in [0.3, 0.4) is 0 Å². The molecule has 1 aliphatic heterocycles. The number of benzene rings is 1. The molecule has 2 rings (SSSR count). The molecule has 0 saturated carbocycles. The summed E-state index contributed by atoms with van der Waals surface area (Å²) in [6, 6.07) is 10.3. The van der Waals surface area contributed by atoms with Crippen molar-refractivity contribution in [2.75, 3.05) is 13.2 Å². The Morgan fingerprint density at radius 2 is 2.10 bits per heavy atom. The Morgan fingerprint density at radius 3 is 2.71 bits per heavy atom. The molecule has 4 nitrogen and oxygen atoms in total. The number of nitrogens with zero attached hydrogens (tertiary/aromatic N) is 1. The second-order valence-electron chi connectivity index (χ2n) is 5.64. The lowest BCUT2D eigenvalue weighted by molar-refractivity contribution is -0.144. The lowest BCUT2D eigenvalue weighted by atomic mass is 10.1. The molecule has 1 amide bonds. The SMILES string of the molecule is CC(N)CCC(=O)N1CC(c2ccccc2)OCC1C.Cl. The van der Waals surface area contributed by atoms with Gasteiger partial charge in [0.1, 0.15) is 6.10 Å². The van der Waals surface area contributed by atoms with E-state index in [4.69, 9.17) is 10.5 Å². The van der Waals surface area contributed by atoms with Gasteiger partial charge in [-0.25, -0.2) is 0 Å². The third kappa shape index (κ3) is 4.99. The molecule has 0 radical (unpaired) electrons. The van der Waals surface area contributed by atoms with Gasteiger partial charge in [0.2, 0.25) is 5.91 Å². The highest BCUT2D eigenvalue weighted by atomic mass is 35.5. The first-order valence-corrected chi connectivity index (χ1v) is 7.29. The summed E-state index contributed by atoms with van der Waals surface area (Å²) in [6.07, 6.45) is 1.23. The van der Waals surface area contributed by atoms with Gasteiger partial charge in [-0.05, 0) is 25.8 Å². The fourth-order valence-electron chi connectivity index (χ4n) is 2.47. The average Bonchev–Trinajstić information content (AvgIpc) is 2.46. The predicted molar refractivity (Wildman–Crippen MR) is 86.4 cm³/mol. The first kappa shape index (κ1) is 18.0. The van der Waals surface area contributed by atoms with E-state index in [0.717, 1.165) is 12.0 Å². The molecule has 3 unspecified atom stereocenters. The van der Waals surface area contributed by atoms with Crippen molar-refractivity contribution in [1.82, 2.24) is 4.90 Å². The Balaban J connectivity index is 0.00000220. The zero-order valence-electron chi connectivity index (χ0n) is 12.7. The van der Waals surface area contributed by atoms with Crippen molar-refractivity contribution in [2.24, 2.45) is 5.73 Å². The van der Waals surface area contributed by atoms with Crippen LogP contribution in [0.25, 0.3) is 0 Å². The van der Waals surface area contributed by atoms with Gasteiger partial charge in [0.15, 0.2) is 0 Å². The van der Waals surface area contributed by atoms with Crippen molar-refractivity contribution in [3.05, 3.63) is 35.9 Å². The second-order valence-corrected chi connectivity index (χ2v) is 5.64. The van der Waals surface area contributed by atoms with Crippen LogP contribution in [0, 0.1) is 0 Å². The molecule has 21 heavy (non-hydrogen) atoms. The van der Waals surface area contributed by atoms with E-state index in [1.807, 2.05) is 49.1 Å². The van der Waals surface area contributed by atoms with Crippen LogP contribution in [0.2, 0.25) is 0 Å². The highest BCUT2D eigenvalue weighted by Crippen LogP contribution is 2.25. The number of carbonyl (C=O) groups is 1. The first-order chi connectivity index (χ1) is 9.58. The number of carbonyl (C=O) groups excluding carboxylic acids is 1. The fourth-order valence-corrected chi connectivity index (χ4v) is 2.47. The Kier molecular flexibility index (Phi) is 7.15. The van der Waals surface area contributed by atoms with Gasteiger partial charge < -0.3 is 15.4 Å². The highest BCUT2D eigenvalue weighted by molar-refractivity contribution is 5.85. The van der Waals surface area contributed by atoms with Crippen LogP contribution < -0.4 is 5.73 Å². The molecular weight excluding hydrogens is 288 g/mol. The number of halogens is 1. The summed E-state index contributed by atoms with van der Waals surface area (Å²) < 4.78 is 5.86. The maximum Gasteiger partial charge on any atom is 0.223 e. The Bertz CT molecular complexity index is 439. The Hall–Kier alpha value is -1.10. The van der Waals surface area contributed by atoms with Crippen LogP contribution in [0.4, 0.5) is 0 Å². The van der Waals surface area contributed by atoms with E-state index in [1.54, 1.807) is 0 Å². The second kappa shape index (κ2) is 8.37. The molecule has 1 aromatic carbocycles. The molecule has 1 heterocycles. The quantitative estimate of drug-likeness (QED) is 0.929. The zero-order chi connectivity index (χ0) is 14.5. The summed E-state index contributed by atoms with van der Waals surface area (Å²) in [5.41, 5.74) is 6.86. The van der Waals surface area contributed by atoms with Crippen LogP contribution >= 0.6 is 12.4 Å². The molecule has 0 spiro atoms. The topological polar surface area (TPSA) is 55.6 Å². The minimum atomic E-state index is -0.0216. The first-order valence-electron chi connectivity index (χ1n) is 7.29. The van der Waals surface area contributed by atoms with Crippen LogP contribution in [-0.2, 0) is 9.53 Å². The summed E-state index contributed by atoms with van der Waals surface area (Å²) in [4.78, 5) is 14.2. The van der Waals surface area contributed by atoms with Crippen LogP contribution in [0.1, 0.15) is 38.4 Å². The number of hydrogen-bond donors (Lipinski definition) is 1. The molecule has 118 valence electrons. The molecule has 5 heteroatoms. The summed E-state index contributed by atoms with van der Waals surface area (Å²) in [7, 11) is 0. The lowest BCUT2D eigenvalue weighted by Crippen LogP contribution is -2.48. The van der Waals surface area contributed by atoms with Crippen molar-refractivity contribution >= 4 is 18.3 Å². The molecule has 0 aromatic heterocycles. The summed E-state index contributed by atoms with van der Waals surface area (Å²) in [5, 5.41) is 0.